The molecule has 0 spiro atoms. The molecule has 1 heterocycles. The van der Waals surface area contributed by atoms with Crippen LogP contribution in [0.25, 0.3) is 0 Å². The van der Waals surface area contributed by atoms with Crippen LogP contribution < -0.4 is 10.6 Å². The molecule has 31 heavy (non-hydrogen) atoms. The zero-order valence-corrected chi connectivity index (χ0v) is 16.9. The average Bonchev–Trinajstić information content (AvgIpc) is 3.37. The Morgan fingerprint density at radius 1 is 0.871 bits per heavy atom. The van der Waals surface area contributed by atoms with Gasteiger partial charge in [-0.25, -0.2) is 18.0 Å². The van der Waals surface area contributed by atoms with Crippen LogP contribution in [-0.2, 0) is 4.79 Å². The molecule has 1 saturated carbocycles. The van der Waals surface area contributed by atoms with Crippen molar-refractivity contribution in [1.82, 2.24) is 10.2 Å². The third-order valence-corrected chi connectivity index (χ3v) is 6.05. The minimum absolute atomic E-state index is 0.00720. The molecule has 5 nitrogen and oxygen atoms in total. The van der Waals surface area contributed by atoms with Gasteiger partial charge in [-0.05, 0) is 61.4 Å². The molecular formula is C23H24F3N3O2. The molecule has 4 rings (SSSR count). The number of rotatable bonds is 4. The van der Waals surface area contributed by atoms with Crippen LogP contribution in [0, 0.1) is 23.4 Å². The smallest absolute Gasteiger partial charge is 0.319 e. The highest BCUT2D eigenvalue weighted by Gasteiger charge is 2.42. The van der Waals surface area contributed by atoms with Gasteiger partial charge >= 0.3 is 6.03 Å². The number of nitrogens with zero attached hydrogens (tertiary/aromatic N) is 1. The van der Waals surface area contributed by atoms with E-state index in [-0.39, 0.29) is 35.3 Å². The lowest BCUT2D eigenvalue weighted by atomic mass is 9.88. The van der Waals surface area contributed by atoms with E-state index >= 15 is 0 Å². The molecule has 1 saturated heterocycles. The summed E-state index contributed by atoms with van der Waals surface area (Å²) in [5.41, 5.74) is 0.864. The summed E-state index contributed by atoms with van der Waals surface area (Å²) in [4.78, 5) is 27.4. The van der Waals surface area contributed by atoms with E-state index in [4.69, 9.17) is 0 Å². The lowest BCUT2D eigenvalue weighted by Gasteiger charge is -2.24. The molecule has 0 unspecified atom stereocenters. The molecule has 2 aromatic rings. The van der Waals surface area contributed by atoms with Crippen molar-refractivity contribution in [3.8, 4) is 0 Å². The van der Waals surface area contributed by atoms with Gasteiger partial charge < -0.3 is 15.5 Å². The van der Waals surface area contributed by atoms with Gasteiger partial charge in [-0.1, -0.05) is 12.1 Å². The van der Waals surface area contributed by atoms with Gasteiger partial charge in [0.05, 0.1) is 0 Å². The Hall–Kier alpha value is -3.03. The number of nitrogens with one attached hydrogen (secondary N) is 2. The molecule has 0 bridgehead atoms. The summed E-state index contributed by atoms with van der Waals surface area (Å²) in [6.45, 7) is 1.46. The van der Waals surface area contributed by atoms with Crippen LogP contribution in [-0.4, -0.2) is 36.0 Å². The molecular weight excluding hydrogens is 407 g/mol. The van der Waals surface area contributed by atoms with Gasteiger partial charge in [-0.15, -0.1) is 0 Å². The highest BCUT2D eigenvalue weighted by atomic mass is 19.1. The summed E-state index contributed by atoms with van der Waals surface area (Å²) in [6.07, 6.45) is 2.92. The summed E-state index contributed by atoms with van der Waals surface area (Å²) in [6, 6.07) is 7.99. The topological polar surface area (TPSA) is 61.4 Å². The molecule has 8 heteroatoms. The van der Waals surface area contributed by atoms with E-state index in [9.17, 15) is 22.8 Å². The lowest BCUT2D eigenvalue weighted by Crippen LogP contribution is -2.38. The largest absolute Gasteiger partial charge is 0.342 e. The van der Waals surface area contributed by atoms with E-state index in [0.29, 0.717) is 12.8 Å². The molecule has 2 fully saturated rings. The number of halogens is 3. The number of benzene rings is 2. The highest BCUT2D eigenvalue weighted by molar-refractivity contribution is 5.89. The minimum Gasteiger partial charge on any atom is -0.342 e. The first-order chi connectivity index (χ1) is 14.9. The minimum atomic E-state index is -0.788. The molecule has 1 aliphatic carbocycles. The van der Waals surface area contributed by atoms with Crippen molar-refractivity contribution < 1.29 is 22.8 Å². The van der Waals surface area contributed by atoms with Gasteiger partial charge in [0, 0.05) is 36.8 Å². The van der Waals surface area contributed by atoms with Gasteiger partial charge in [0.2, 0.25) is 5.91 Å². The van der Waals surface area contributed by atoms with Crippen molar-refractivity contribution in [2.24, 2.45) is 5.92 Å². The predicted octanol–water partition coefficient (Wildman–Crippen LogP) is 4.41. The maximum absolute atomic E-state index is 13.4. The molecule has 2 aromatic carbocycles. The van der Waals surface area contributed by atoms with Crippen LogP contribution in [0.2, 0.25) is 0 Å². The fourth-order valence-electron chi connectivity index (χ4n) is 4.66. The molecule has 3 amide bonds. The van der Waals surface area contributed by atoms with Crippen LogP contribution in [0.1, 0.15) is 37.2 Å². The van der Waals surface area contributed by atoms with E-state index in [1.165, 1.54) is 12.1 Å². The predicted molar refractivity (Wildman–Crippen MR) is 110 cm³/mol. The number of hydrogen-bond acceptors (Lipinski definition) is 2. The van der Waals surface area contributed by atoms with Gasteiger partial charge in [-0.3, -0.25) is 4.79 Å². The standard InChI is InChI=1S/C23H24F3N3O2/c24-15-5-3-14(4-6-15)20-12-19(13-21(20)22(30)29-7-1-2-8-29)28-23(31)27-18-10-16(25)9-17(26)11-18/h3-6,9-11,19-21H,1-2,7-8,12-13H2,(H2,27,28,31)/t19-,20+,21-/m0/s1. The number of carbonyl (C=O) groups excluding carboxylic acids is 2. The number of anilines is 1. The van der Waals surface area contributed by atoms with Crippen LogP contribution >= 0.6 is 0 Å². The monoisotopic (exact) mass is 431 g/mol. The third kappa shape index (κ3) is 5.00. The molecule has 0 radical (unpaired) electrons. The third-order valence-electron chi connectivity index (χ3n) is 6.05. The van der Waals surface area contributed by atoms with Crippen molar-refractivity contribution in [3.05, 3.63) is 65.5 Å². The molecule has 3 atom stereocenters. The summed E-state index contributed by atoms with van der Waals surface area (Å²) in [5.74, 6) is -2.33. The van der Waals surface area contributed by atoms with Crippen LogP contribution in [0.4, 0.5) is 23.7 Å². The first kappa shape index (κ1) is 21.2. The average molecular weight is 431 g/mol. The summed E-state index contributed by atoms with van der Waals surface area (Å²) >= 11 is 0. The van der Waals surface area contributed by atoms with Crippen LogP contribution in [0.15, 0.2) is 42.5 Å². The molecule has 1 aliphatic heterocycles. The van der Waals surface area contributed by atoms with E-state index < -0.39 is 17.7 Å². The molecule has 164 valence electrons. The first-order valence-corrected chi connectivity index (χ1v) is 10.5. The van der Waals surface area contributed by atoms with Crippen molar-refractivity contribution in [2.75, 3.05) is 18.4 Å². The van der Waals surface area contributed by atoms with Crippen molar-refractivity contribution >= 4 is 17.6 Å². The Labute approximate surface area is 178 Å². The van der Waals surface area contributed by atoms with Gasteiger partial charge in [0.15, 0.2) is 0 Å². The Bertz CT molecular complexity index is 941. The van der Waals surface area contributed by atoms with E-state index in [1.54, 1.807) is 12.1 Å². The number of urea groups is 1. The second kappa shape index (κ2) is 8.99. The van der Waals surface area contributed by atoms with E-state index in [1.807, 2.05) is 4.90 Å². The summed E-state index contributed by atoms with van der Waals surface area (Å²) < 4.78 is 40.1. The maximum atomic E-state index is 13.4. The van der Waals surface area contributed by atoms with E-state index in [0.717, 1.165) is 49.7 Å². The molecule has 0 aromatic heterocycles. The summed E-state index contributed by atoms with van der Waals surface area (Å²) in [5, 5.41) is 5.25. The van der Waals surface area contributed by atoms with Gasteiger partial charge in [0.1, 0.15) is 17.5 Å². The first-order valence-electron chi connectivity index (χ1n) is 10.5. The SMILES string of the molecule is O=C(Nc1cc(F)cc(F)c1)N[C@@H]1C[C@H](C(=O)N2CCCC2)[C@@H](c2ccc(F)cc2)C1. The second-order valence-corrected chi connectivity index (χ2v) is 8.22. The maximum Gasteiger partial charge on any atom is 0.319 e. The van der Waals surface area contributed by atoms with Crippen LogP contribution in [0.3, 0.4) is 0 Å². The zero-order chi connectivity index (χ0) is 22.0. The van der Waals surface area contributed by atoms with Gasteiger partial charge in [0.25, 0.3) is 0 Å². The Morgan fingerprint density at radius 3 is 2.16 bits per heavy atom. The van der Waals surface area contributed by atoms with Crippen molar-refractivity contribution in [3.63, 3.8) is 0 Å². The number of amides is 3. The van der Waals surface area contributed by atoms with E-state index in [2.05, 4.69) is 10.6 Å². The van der Waals surface area contributed by atoms with Crippen molar-refractivity contribution in [2.45, 2.75) is 37.6 Å². The Kier molecular flexibility index (Phi) is 6.15. The quantitative estimate of drug-likeness (QED) is 0.753. The molecule has 2 N–H and O–H groups in total. The molecule has 2 aliphatic rings. The summed E-state index contributed by atoms with van der Waals surface area (Å²) in [7, 11) is 0. The lowest BCUT2D eigenvalue weighted by molar-refractivity contribution is -0.134. The Balaban J connectivity index is 1.47. The van der Waals surface area contributed by atoms with Crippen molar-refractivity contribution in [1.29, 1.82) is 0 Å². The van der Waals surface area contributed by atoms with Gasteiger partial charge in [-0.2, -0.15) is 0 Å². The van der Waals surface area contributed by atoms with Crippen LogP contribution in [0.5, 0.6) is 0 Å². The number of hydrogen-bond donors (Lipinski definition) is 2. The highest BCUT2D eigenvalue weighted by Crippen LogP contribution is 2.41. The number of likely N-dealkylation sites (tertiary alicyclic amines) is 1. The number of carbonyl (C=O) groups is 2. The second-order valence-electron chi connectivity index (χ2n) is 8.22. The Morgan fingerprint density at radius 2 is 1.52 bits per heavy atom. The fraction of sp³-hybridized carbons (Fsp3) is 0.391. The normalized spacial score (nSPS) is 23.1. The fourth-order valence-corrected chi connectivity index (χ4v) is 4.66. The zero-order valence-electron chi connectivity index (χ0n) is 16.9.